The third-order valence-corrected chi connectivity index (χ3v) is 13.7. The number of aromatic nitrogens is 4. The number of rotatable bonds is 5. The minimum Gasteiger partial charge on any atom is -0.0579 e. The van der Waals surface area contributed by atoms with Gasteiger partial charge in [-0.05, 0) is 29.0 Å². The molecule has 13 rings (SSSR count). The Bertz CT molecular complexity index is 3170. The molecule has 2 aliphatic heterocycles. The molecule has 0 unspecified atom stereocenters. The molecule has 0 atom stereocenters. The number of nitrogens with zero attached hydrogens (tertiary/aromatic N) is 4. The third-order valence-electron chi connectivity index (χ3n) is 12.6. The molecule has 0 amide bonds. The smallest absolute Gasteiger partial charge is 0.0579 e. The van der Waals surface area contributed by atoms with Gasteiger partial charge in [0.15, 0.2) is 0 Å². The first-order valence-corrected chi connectivity index (χ1v) is 21.8. The minimum absolute atomic E-state index is 0.110. The van der Waals surface area contributed by atoms with Gasteiger partial charge >= 0.3 is 261 Å². The molecule has 4 aliphatic rings. The summed E-state index contributed by atoms with van der Waals surface area (Å²) >= 11 is 2.51. The Morgan fingerprint density at radius 1 is 0.627 bits per heavy atom. The van der Waals surface area contributed by atoms with Crippen LogP contribution in [0, 0.1) is 24.6 Å². The minimum atomic E-state index is 0.110. The van der Waals surface area contributed by atoms with Gasteiger partial charge in [0, 0.05) is 11.8 Å². The van der Waals surface area contributed by atoms with Crippen LogP contribution in [0.5, 0.6) is 11.5 Å². The normalized spacial score (nSPS) is 13.1. The van der Waals surface area contributed by atoms with Crippen molar-refractivity contribution in [3.63, 3.8) is 0 Å². The summed E-state index contributed by atoms with van der Waals surface area (Å²) in [5, 5.41) is 2.35. The SMILES string of the molecule is Cc1cc(-n2c3ccccc3c3ccc(Oc4cccc(-n5cc6c7ccc(n6[c]5=[Pt])CCc5ccc(c(C)c5C)CC7)c4)cc32)ncc1-c1ccc(C(C)(C)C)cc1. The Morgan fingerprint density at radius 2 is 1.32 bits per heavy atom. The van der Waals surface area contributed by atoms with Crippen LogP contribution in [0.1, 0.15) is 65.4 Å². The van der Waals surface area contributed by atoms with E-state index in [1.807, 2.05) is 12.3 Å². The van der Waals surface area contributed by atoms with Gasteiger partial charge in [0.05, 0.1) is 0 Å². The number of ether oxygens (including phenoxy) is 1. The molecule has 296 valence electrons. The van der Waals surface area contributed by atoms with E-state index >= 15 is 0 Å². The fraction of sp³-hybridized carbons (Fsp3) is 0.208. The first-order valence-electron chi connectivity index (χ1n) is 20.7. The molecule has 5 nitrogen and oxygen atoms in total. The first kappa shape index (κ1) is 37.5. The third kappa shape index (κ3) is 6.61. The first-order chi connectivity index (χ1) is 28.5. The predicted molar refractivity (Wildman–Crippen MR) is 238 cm³/mol. The molecule has 6 heteroatoms. The van der Waals surface area contributed by atoms with E-state index in [1.165, 1.54) is 61.1 Å². The Balaban J connectivity index is 0.997. The number of aryl methyl sites for hydroxylation is 5. The molecule has 0 N–H and O–H groups in total. The van der Waals surface area contributed by atoms with Gasteiger partial charge in [-0.15, -0.1) is 0 Å². The van der Waals surface area contributed by atoms with E-state index in [4.69, 9.17) is 9.72 Å². The molecule has 6 heterocycles. The van der Waals surface area contributed by atoms with E-state index < -0.39 is 0 Å². The summed E-state index contributed by atoms with van der Waals surface area (Å²) in [6, 6.07) is 44.0. The molecule has 5 aromatic carbocycles. The molecule has 59 heavy (non-hydrogen) atoms. The van der Waals surface area contributed by atoms with Crippen molar-refractivity contribution < 1.29 is 24.1 Å². The number of pyridine rings is 2. The molecular formula is C53H48N4OPt. The second kappa shape index (κ2) is 14.5. The van der Waals surface area contributed by atoms with Gasteiger partial charge in [-0.1, -0.05) is 57.2 Å². The molecule has 0 fully saturated rings. The van der Waals surface area contributed by atoms with Crippen LogP contribution in [0.15, 0.2) is 134 Å². The van der Waals surface area contributed by atoms with Crippen molar-refractivity contribution in [3.05, 3.63) is 182 Å². The molecule has 0 saturated carbocycles. The van der Waals surface area contributed by atoms with Crippen molar-refractivity contribution >= 4 is 27.3 Å². The Morgan fingerprint density at radius 3 is 2.08 bits per heavy atom. The molecule has 2 aliphatic carbocycles. The quantitative estimate of drug-likeness (QED) is 0.172. The number of hydrogen-bond donors (Lipinski definition) is 0. The average Bonchev–Trinajstić information content (AvgIpc) is 3.75. The molecular weight excluding hydrogens is 904 g/mol. The van der Waals surface area contributed by atoms with Gasteiger partial charge in [0.2, 0.25) is 0 Å². The second-order valence-electron chi connectivity index (χ2n) is 17.3. The number of fused-ring (bicyclic) bond motifs is 3. The zero-order valence-corrected chi connectivity index (χ0v) is 36.8. The summed E-state index contributed by atoms with van der Waals surface area (Å²) < 4.78 is 14.9. The van der Waals surface area contributed by atoms with Crippen molar-refractivity contribution in [2.75, 3.05) is 0 Å². The van der Waals surface area contributed by atoms with Crippen molar-refractivity contribution in [1.29, 1.82) is 0 Å². The van der Waals surface area contributed by atoms with E-state index in [-0.39, 0.29) is 5.41 Å². The van der Waals surface area contributed by atoms with Crippen LogP contribution in [0.25, 0.3) is 50.0 Å². The second-order valence-corrected chi connectivity index (χ2v) is 18.3. The van der Waals surface area contributed by atoms with Crippen molar-refractivity contribution in [1.82, 2.24) is 18.5 Å². The summed E-state index contributed by atoms with van der Waals surface area (Å²) in [6.45, 7) is 13.5. The van der Waals surface area contributed by atoms with Crippen LogP contribution in [-0.2, 0) is 50.5 Å². The van der Waals surface area contributed by atoms with Crippen molar-refractivity contribution in [2.24, 2.45) is 0 Å². The van der Waals surface area contributed by atoms with Crippen LogP contribution < -0.4 is 4.74 Å². The van der Waals surface area contributed by atoms with Crippen molar-refractivity contribution in [3.8, 4) is 34.1 Å². The van der Waals surface area contributed by atoms with E-state index in [9.17, 15) is 0 Å². The van der Waals surface area contributed by atoms with Crippen LogP contribution in [0.2, 0.25) is 0 Å². The molecule has 0 saturated heterocycles. The summed E-state index contributed by atoms with van der Waals surface area (Å²) in [6.07, 6.45) is 8.37. The van der Waals surface area contributed by atoms with Crippen LogP contribution in [0.4, 0.5) is 0 Å². The van der Waals surface area contributed by atoms with E-state index in [0.717, 1.165) is 74.5 Å². The van der Waals surface area contributed by atoms with E-state index in [2.05, 4.69) is 196 Å². The van der Waals surface area contributed by atoms with E-state index in [1.54, 1.807) is 0 Å². The summed E-state index contributed by atoms with van der Waals surface area (Å²) in [5.74, 6) is 2.45. The maximum absolute atomic E-state index is 6.72. The molecule has 4 aromatic heterocycles. The van der Waals surface area contributed by atoms with Crippen molar-refractivity contribution in [2.45, 2.75) is 72.6 Å². The standard InChI is InChI=1S/C53H48N4O.Pt/c1-34-28-52(54-31-48(34)39-18-22-41(23-19-39)53(4,5)6)57-49-13-8-7-12-46(49)47-27-26-45(30-50(47)57)58-44-11-9-10-43(29-44)55-32-51-40-17-16-37-14-15-38(36(3)35(37)2)20-24-42(25-21-40)56(51)33-55;/h7-15,18-19,21-23,25-32H,16-17,20,24H2,1-6H3;. The van der Waals surface area contributed by atoms with Crippen LogP contribution >= 0.6 is 0 Å². The molecule has 4 bridgehead atoms. The number of para-hydroxylation sites is 1. The monoisotopic (exact) mass is 951 g/mol. The van der Waals surface area contributed by atoms with Crippen LogP contribution in [-0.4, -0.2) is 18.5 Å². The van der Waals surface area contributed by atoms with Crippen LogP contribution in [0.3, 0.4) is 0 Å². The molecule has 9 aromatic rings. The number of imidazole rings is 1. The van der Waals surface area contributed by atoms with Gasteiger partial charge in [-0.3, -0.25) is 0 Å². The Hall–Kier alpha value is -5.77. The maximum atomic E-state index is 6.72. The zero-order valence-electron chi connectivity index (χ0n) is 34.5. The van der Waals surface area contributed by atoms with Gasteiger partial charge in [0.1, 0.15) is 0 Å². The fourth-order valence-corrected chi connectivity index (χ4v) is 10.1. The van der Waals surface area contributed by atoms with E-state index in [0.29, 0.717) is 0 Å². The average molecular weight is 952 g/mol. The molecule has 0 radical (unpaired) electrons. The van der Waals surface area contributed by atoms with Gasteiger partial charge < -0.3 is 0 Å². The Kier molecular flexibility index (Phi) is 9.21. The van der Waals surface area contributed by atoms with Gasteiger partial charge in [-0.25, -0.2) is 0 Å². The summed E-state index contributed by atoms with van der Waals surface area (Å²) in [7, 11) is 0. The van der Waals surface area contributed by atoms with Gasteiger partial charge in [0.25, 0.3) is 0 Å². The Labute approximate surface area is 357 Å². The predicted octanol–water partition coefficient (Wildman–Crippen LogP) is 12.9. The summed E-state index contributed by atoms with van der Waals surface area (Å²) in [4.78, 5) is 5.09. The number of hydrogen-bond acceptors (Lipinski definition) is 2. The summed E-state index contributed by atoms with van der Waals surface area (Å²) in [5.41, 5.74) is 18.0. The fourth-order valence-electron chi connectivity index (χ4n) is 9.07. The zero-order chi connectivity index (χ0) is 40.6. The number of benzene rings is 5. The topological polar surface area (TPSA) is 36.4 Å². The van der Waals surface area contributed by atoms with Gasteiger partial charge in [-0.2, -0.15) is 0 Å². The molecule has 0 spiro atoms.